The van der Waals surface area contributed by atoms with Gasteiger partial charge in [0.05, 0.1) is 0 Å². The predicted molar refractivity (Wildman–Crippen MR) is 82.7 cm³/mol. The number of benzene rings is 1. The van der Waals surface area contributed by atoms with Crippen LogP contribution in [-0.2, 0) is 25.8 Å². The molecule has 0 saturated heterocycles. The lowest BCUT2D eigenvalue weighted by Gasteiger charge is -2.07. The van der Waals surface area contributed by atoms with Crippen LogP contribution in [0, 0.1) is 0 Å². The molecule has 2 N–H and O–H groups in total. The molecule has 0 spiro atoms. The van der Waals surface area contributed by atoms with Gasteiger partial charge in [-0.05, 0) is 18.9 Å². The zero-order valence-electron chi connectivity index (χ0n) is 11.4. The van der Waals surface area contributed by atoms with Crippen LogP contribution in [0.5, 0.6) is 0 Å². The van der Waals surface area contributed by atoms with E-state index in [1.54, 1.807) is 6.07 Å². The highest BCUT2D eigenvalue weighted by Gasteiger charge is 2.15. The summed E-state index contributed by atoms with van der Waals surface area (Å²) < 4.78 is 5.14. The molecule has 0 heterocycles. The third-order valence-corrected chi connectivity index (χ3v) is 4.01. The lowest BCUT2D eigenvalue weighted by Crippen LogP contribution is -2.20. The van der Waals surface area contributed by atoms with Crippen molar-refractivity contribution in [3.63, 3.8) is 0 Å². The van der Waals surface area contributed by atoms with Gasteiger partial charge in [-0.25, -0.2) is 4.79 Å². The Morgan fingerprint density at radius 3 is 2.67 bits per heavy atom. The summed E-state index contributed by atoms with van der Waals surface area (Å²) in [5.74, 6) is 3.96. The molecule has 0 fully saturated rings. The van der Waals surface area contributed by atoms with Gasteiger partial charge >= 0.3 is 11.9 Å². The summed E-state index contributed by atoms with van der Waals surface area (Å²) in [6.07, 6.45) is 2.16. The highest BCUT2D eigenvalue weighted by Crippen LogP contribution is 2.16. The fourth-order valence-corrected chi connectivity index (χ4v) is 2.25. The summed E-state index contributed by atoms with van der Waals surface area (Å²) in [5, 5.41) is 0.577. The van der Waals surface area contributed by atoms with Crippen LogP contribution >= 0.6 is 27.5 Å². The van der Waals surface area contributed by atoms with Gasteiger partial charge in [0.2, 0.25) is 0 Å². The van der Waals surface area contributed by atoms with Gasteiger partial charge in [0.1, 0.15) is 11.4 Å². The van der Waals surface area contributed by atoms with E-state index < -0.39 is 10.8 Å². The van der Waals surface area contributed by atoms with Crippen LogP contribution in [-0.4, -0.2) is 16.8 Å². The molecule has 0 radical (unpaired) electrons. The van der Waals surface area contributed by atoms with Crippen LogP contribution < -0.4 is 5.90 Å². The molecule has 0 amide bonds. The number of unbranched alkanes of at least 4 members (excludes halogenated alkanes) is 1. The van der Waals surface area contributed by atoms with E-state index in [9.17, 15) is 9.59 Å². The van der Waals surface area contributed by atoms with E-state index in [0.717, 1.165) is 5.56 Å². The minimum atomic E-state index is -0.517. The summed E-state index contributed by atoms with van der Waals surface area (Å²) in [5.41, 5.74) is 0.777. The molecule has 5 nitrogen and oxygen atoms in total. The standard InChI is InChI=1S/C14H17BrClNO4/c15-11(14(19)21-17)6-2-4-8-13(18)20-9-10-5-1-3-7-12(10)16/h1,3,5,7,11H,2,4,6,8-9,17H2. The van der Waals surface area contributed by atoms with E-state index in [-0.39, 0.29) is 12.6 Å². The molecule has 1 aromatic carbocycles. The zero-order chi connectivity index (χ0) is 15.7. The highest BCUT2D eigenvalue weighted by atomic mass is 79.9. The number of hydrogen-bond acceptors (Lipinski definition) is 5. The number of esters is 1. The average Bonchev–Trinajstić information content (AvgIpc) is 2.49. The molecule has 7 heteroatoms. The number of rotatable bonds is 8. The minimum Gasteiger partial charge on any atom is -0.461 e. The lowest BCUT2D eigenvalue weighted by molar-refractivity contribution is -0.145. The Labute approximate surface area is 136 Å². The number of alkyl halides is 1. The summed E-state index contributed by atoms with van der Waals surface area (Å²) in [6.45, 7) is 0.166. The molecular weight excluding hydrogens is 362 g/mol. The van der Waals surface area contributed by atoms with E-state index in [0.29, 0.717) is 30.7 Å². The van der Waals surface area contributed by atoms with Gasteiger partial charge in [0.25, 0.3) is 0 Å². The van der Waals surface area contributed by atoms with Gasteiger partial charge in [-0.2, -0.15) is 5.90 Å². The smallest absolute Gasteiger partial charge is 0.338 e. The fourth-order valence-electron chi connectivity index (χ4n) is 1.63. The van der Waals surface area contributed by atoms with Crippen molar-refractivity contribution in [3.8, 4) is 0 Å². The molecule has 0 aliphatic rings. The maximum Gasteiger partial charge on any atom is 0.338 e. The van der Waals surface area contributed by atoms with Crippen LogP contribution in [0.3, 0.4) is 0 Å². The zero-order valence-corrected chi connectivity index (χ0v) is 13.7. The quantitative estimate of drug-likeness (QED) is 0.325. The SMILES string of the molecule is NOC(=O)C(Br)CCCCC(=O)OCc1ccccc1Cl. The maximum absolute atomic E-state index is 11.6. The molecule has 0 aliphatic heterocycles. The molecule has 21 heavy (non-hydrogen) atoms. The summed E-state index contributed by atoms with van der Waals surface area (Å²) >= 11 is 9.12. The normalized spacial score (nSPS) is 11.8. The molecule has 116 valence electrons. The van der Waals surface area contributed by atoms with Gasteiger partial charge in [-0.15, -0.1) is 0 Å². The molecule has 1 unspecified atom stereocenters. The van der Waals surface area contributed by atoms with Crippen molar-refractivity contribution in [3.05, 3.63) is 34.9 Å². The molecule has 1 atom stereocenters. The van der Waals surface area contributed by atoms with Gasteiger partial charge in [0.15, 0.2) is 0 Å². The Balaban J connectivity index is 2.17. The first-order chi connectivity index (χ1) is 10.0. The number of halogens is 2. The second-order valence-corrected chi connectivity index (χ2v) is 5.91. The molecular formula is C14H17BrClNO4. The van der Waals surface area contributed by atoms with Crippen molar-refractivity contribution in [2.45, 2.75) is 37.1 Å². The van der Waals surface area contributed by atoms with Crippen LogP contribution in [0.2, 0.25) is 5.02 Å². The molecule has 0 aromatic heterocycles. The molecule has 1 aromatic rings. The molecule has 0 saturated carbocycles. The van der Waals surface area contributed by atoms with Crippen molar-refractivity contribution < 1.29 is 19.2 Å². The lowest BCUT2D eigenvalue weighted by atomic mass is 10.1. The second kappa shape index (κ2) is 9.76. The van der Waals surface area contributed by atoms with Crippen molar-refractivity contribution in [2.75, 3.05) is 0 Å². The topological polar surface area (TPSA) is 78.6 Å². The van der Waals surface area contributed by atoms with Crippen LogP contribution in [0.15, 0.2) is 24.3 Å². The molecule has 0 bridgehead atoms. The van der Waals surface area contributed by atoms with Crippen molar-refractivity contribution in [2.24, 2.45) is 5.90 Å². The minimum absolute atomic E-state index is 0.166. The van der Waals surface area contributed by atoms with E-state index in [1.807, 2.05) is 18.2 Å². The van der Waals surface area contributed by atoms with Gasteiger partial charge in [-0.3, -0.25) is 4.79 Å². The number of hydrogen-bond donors (Lipinski definition) is 1. The summed E-state index contributed by atoms with van der Waals surface area (Å²) in [6, 6.07) is 7.21. The maximum atomic E-state index is 11.6. The molecule has 0 aliphatic carbocycles. The number of ether oxygens (including phenoxy) is 1. The number of carbonyl (C=O) groups is 2. The first kappa shape index (κ1) is 17.9. The fraction of sp³-hybridized carbons (Fsp3) is 0.429. The summed E-state index contributed by atoms with van der Waals surface area (Å²) in [7, 11) is 0. The Kier molecular flexibility index (Phi) is 8.34. The first-order valence-corrected chi connectivity index (χ1v) is 7.77. The average molecular weight is 379 g/mol. The van der Waals surface area contributed by atoms with E-state index in [1.165, 1.54) is 0 Å². The van der Waals surface area contributed by atoms with E-state index >= 15 is 0 Å². The first-order valence-electron chi connectivity index (χ1n) is 6.48. The van der Waals surface area contributed by atoms with Crippen molar-refractivity contribution in [1.29, 1.82) is 0 Å². The third-order valence-electron chi connectivity index (χ3n) is 2.81. The largest absolute Gasteiger partial charge is 0.461 e. The van der Waals surface area contributed by atoms with Gasteiger partial charge in [0, 0.05) is 17.0 Å². The van der Waals surface area contributed by atoms with Crippen LogP contribution in [0.1, 0.15) is 31.2 Å². The third kappa shape index (κ3) is 6.93. The summed E-state index contributed by atoms with van der Waals surface area (Å²) in [4.78, 5) is 26.3. The Morgan fingerprint density at radius 1 is 1.29 bits per heavy atom. The van der Waals surface area contributed by atoms with E-state index in [4.69, 9.17) is 22.2 Å². The van der Waals surface area contributed by atoms with Crippen LogP contribution in [0.4, 0.5) is 0 Å². The predicted octanol–water partition coefficient (Wildman–Crippen LogP) is 3.12. The van der Waals surface area contributed by atoms with Gasteiger partial charge < -0.3 is 9.57 Å². The van der Waals surface area contributed by atoms with Crippen molar-refractivity contribution in [1.82, 2.24) is 0 Å². The number of nitrogens with two attached hydrogens (primary N) is 1. The van der Waals surface area contributed by atoms with Crippen LogP contribution in [0.25, 0.3) is 0 Å². The Hall–Kier alpha value is -1.11. The van der Waals surface area contributed by atoms with Crippen molar-refractivity contribution >= 4 is 39.5 Å². The Bertz CT molecular complexity index is 484. The molecule has 1 rings (SSSR count). The highest BCUT2D eigenvalue weighted by molar-refractivity contribution is 9.10. The van der Waals surface area contributed by atoms with Gasteiger partial charge in [-0.1, -0.05) is 52.2 Å². The number of carbonyl (C=O) groups excluding carboxylic acids is 2. The monoisotopic (exact) mass is 377 g/mol. The second-order valence-electron chi connectivity index (χ2n) is 4.40. The Morgan fingerprint density at radius 2 is 2.00 bits per heavy atom. The van der Waals surface area contributed by atoms with E-state index in [2.05, 4.69) is 20.8 Å².